The number of halogens is 1. The van der Waals surface area contributed by atoms with Gasteiger partial charge in [0, 0.05) is 42.6 Å². The highest BCUT2D eigenvalue weighted by Gasteiger charge is 2.25. The van der Waals surface area contributed by atoms with Crippen molar-refractivity contribution < 1.29 is 0 Å². The van der Waals surface area contributed by atoms with Gasteiger partial charge >= 0.3 is 0 Å². The average molecular weight is 515 g/mol. The first-order valence-corrected chi connectivity index (χ1v) is 11.3. The number of fused-ring (bicyclic) bond motifs is 1. The Labute approximate surface area is 187 Å². The number of hydrogen-bond donors (Lipinski definition) is 1. The topological polar surface area (TPSA) is 44.9 Å². The summed E-state index contributed by atoms with van der Waals surface area (Å²) in [4.78, 5) is 11.1. The van der Waals surface area contributed by atoms with Crippen molar-refractivity contribution in [3.05, 3.63) is 57.8 Å². The number of hydrogen-bond acceptors (Lipinski definition) is 4. The summed E-state index contributed by atoms with van der Waals surface area (Å²) in [6, 6.07) is 13.3. The highest BCUT2D eigenvalue weighted by Crippen LogP contribution is 2.30. The lowest BCUT2D eigenvalue weighted by atomic mass is 10.0. The Balaban J connectivity index is 0.00000210. The summed E-state index contributed by atoms with van der Waals surface area (Å²) in [6.45, 7) is 4.84. The Bertz CT molecular complexity index is 743. The molecule has 146 valence electrons. The summed E-state index contributed by atoms with van der Waals surface area (Å²) in [7, 11) is 0. The molecule has 2 N–H and O–H groups in total. The van der Waals surface area contributed by atoms with Crippen LogP contribution in [-0.2, 0) is 13.0 Å². The minimum atomic E-state index is 0. The van der Waals surface area contributed by atoms with Crippen molar-refractivity contribution in [1.29, 1.82) is 0 Å². The molecule has 1 saturated heterocycles. The molecule has 0 radical (unpaired) electrons. The van der Waals surface area contributed by atoms with E-state index >= 15 is 0 Å². The van der Waals surface area contributed by atoms with Gasteiger partial charge in [-0.25, -0.2) is 0 Å². The number of thiophene rings is 1. The van der Waals surface area contributed by atoms with Gasteiger partial charge in [0.05, 0.1) is 12.6 Å². The van der Waals surface area contributed by atoms with Crippen LogP contribution in [0, 0.1) is 0 Å². The molecule has 0 saturated carbocycles. The molecule has 1 unspecified atom stereocenters. The van der Waals surface area contributed by atoms with Crippen molar-refractivity contribution in [2.45, 2.75) is 19.0 Å². The van der Waals surface area contributed by atoms with Gasteiger partial charge in [0.2, 0.25) is 0 Å². The number of thioether (sulfide) groups is 1. The number of aliphatic imine (C=N–C) groups is 1. The number of nitrogens with two attached hydrogens (primary N) is 1. The first-order valence-electron chi connectivity index (χ1n) is 9.28. The van der Waals surface area contributed by atoms with Crippen LogP contribution >= 0.6 is 47.1 Å². The van der Waals surface area contributed by atoms with Gasteiger partial charge in [-0.2, -0.15) is 11.8 Å². The van der Waals surface area contributed by atoms with Crippen molar-refractivity contribution in [2.75, 3.05) is 37.7 Å². The lowest BCUT2D eigenvalue weighted by Gasteiger charge is -2.34. The molecule has 4 rings (SSSR count). The monoisotopic (exact) mass is 514 g/mol. The zero-order chi connectivity index (χ0) is 17.8. The van der Waals surface area contributed by atoms with Crippen LogP contribution in [0.3, 0.4) is 0 Å². The Morgan fingerprint density at radius 2 is 1.89 bits per heavy atom. The van der Waals surface area contributed by atoms with E-state index in [4.69, 9.17) is 10.7 Å². The van der Waals surface area contributed by atoms with Gasteiger partial charge in [-0.05, 0) is 29.0 Å². The molecule has 7 heteroatoms. The summed E-state index contributed by atoms with van der Waals surface area (Å²) in [5, 5.41) is 2.22. The first kappa shape index (κ1) is 21.0. The molecular formula is C20H27IN4S2. The zero-order valence-corrected chi connectivity index (χ0v) is 19.4. The molecule has 0 spiro atoms. The van der Waals surface area contributed by atoms with Crippen LogP contribution in [-0.4, -0.2) is 53.4 Å². The van der Waals surface area contributed by atoms with Crippen molar-refractivity contribution in [3.8, 4) is 0 Å². The van der Waals surface area contributed by atoms with E-state index in [1.807, 2.05) is 23.1 Å². The SMILES string of the molecule is I.NC(=NCC(c1ccccc1)N1CCc2sccc2C1)N1CCSCC1. The van der Waals surface area contributed by atoms with Crippen molar-refractivity contribution >= 4 is 53.0 Å². The lowest BCUT2D eigenvalue weighted by molar-refractivity contribution is 0.185. The van der Waals surface area contributed by atoms with Crippen LogP contribution in [0.25, 0.3) is 0 Å². The molecule has 2 aliphatic rings. The van der Waals surface area contributed by atoms with E-state index in [2.05, 4.69) is 51.6 Å². The maximum Gasteiger partial charge on any atom is 0.191 e. The van der Waals surface area contributed by atoms with Crippen molar-refractivity contribution in [3.63, 3.8) is 0 Å². The standard InChI is InChI=1S/C20H26N4S2.HI/c21-20(23-9-12-25-13-10-23)22-14-18(16-4-2-1-3-5-16)24-8-6-19-17(15-24)7-11-26-19;/h1-5,7,11,18H,6,8-10,12-15H2,(H2,21,22);1H. The molecule has 0 aliphatic carbocycles. The predicted octanol–water partition coefficient (Wildman–Crippen LogP) is 3.83. The van der Waals surface area contributed by atoms with Gasteiger partial charge in [-0.1, -0.05) is 30.3 Å². The largest absolute Gasteiger partial charge is 0.370 e. The fraction of sp³-hybridized carbons (Fsp3) is 0.450. The zero-order valence-electron chi connectivity index (χ0n) is 15.4. The molecule has 0 bridgehead atoms. The van der Waals surface area contributed by atoms with E-state index in [0.717, 1.165) is 50.7 Å². The second-order valence-corrected chi connectivity index (χ2v) is 9.04. The molecule has 0 amide bonds. The molecule has 2 aliphatic heterocycles. The van der Waals surface area contributed by atoms with Crippen molar-refractivity contribution in [1.82, 2.24) is 9.80 Å². The molecule has 1 fully saturated rings. The molecule has 1 atom stereocenters. The Morgan fingerprint density at radius 3 is 2.67 bits per heavy atom. The molecule has 27 heavy (non-hydrogen) atoms. The third-order valence-electron chi connectivity index (χ3n) is 5.22. The van der Waals surface area contributed by atoms with E-state index in [-0.39, 0.29) is 30.0 Å². The molecule has 3 heterocycles. The van der Waals surface area contributed by atoms with Gasteiger partial charge in [-0.15, -0.1) is 35.3 Å². The second-order valence-electron chi connectivity index (χ2n) is 6.81. The van der Waals surface area contributed by atoms with Crippen LogP contribution in [0.15, 0.2) is 46.8 Å². The minimum absolute atomic E-state index is 0. The van der Waals surface area contributed by atoms with E-state index in [9.17, 15) is 0 Å². The van der Waals surface area contributed by atoms with E-state index in [1.165, 1.54) is 11.1 Å². The summed E-state index contributed by atoms with van der Waals surface area (Å²) >= 11 is 3.88. The van der Waals surface area contributed by atoms with Crippen LogP contribution in [0.5, 0.6) is 0 Å². The smallest absolute Gasteiger partial charge is 0.191 e. The highest BCUT2D eigenvalue weighted by atomic mass is 127. The van der Waals surface area contributed by atoms with Gasteiger partial charge in [0.25, 0.3) is 0 Å². The number of benzene rings is 1. The quantitative estimate of drug-likeness (QED) is 0.383. The van der Waals surface area contributed by atoms with Gasteiger partial charge in [0.1, 0.15) is 0 Å². The maximum absolute atomic E-state index is 6.31. The highest BCUT2D eigenvalue weighted by molar-refractivity contribution is 14.0. The van der Waals surface area contributed by atoms with Crippen LogP contribution in [0.2, 0.25) is 0 Å². The number of nitrogens with zero attached hydrogens (tertiary/aromatic N) is 3. The molecule has 1 aromatic heterocycles. The summed E-state index contributed by atoms with van der Waals surface area (Å²) in [6.07, 6.45) is 1.14. The van der Waals surface area contributed by atoms with Crippen molar-refractivity contribution in [2.24, 2.45) is 10.7 Å². The fourth-order valence-corrected chi connectivity index (χ4v) is 5.51. The predicted molar refractivity (Wildman–Crippen MR) is 128 cm³/mol. The minimum Gasteiger partial charge on any atom is -0.370 e. The van der Waals surface area contributed by atoms with Gasteiger partial charge in [0.15, 0.2) is 5.96 Å². The number of guanidine groups is 1. The normalized spacial score (nSPS) is 19.3. The molecule has 4 nitrogen and oxygen atoms in total. The molecule has 1 aromatic carbocycles. The number of rotatable bonds is 4. The fourth-order valence-electron chi connectivity index (χ4n) is 3.72. The third-order valence-corrected chi connectivity index (χ3v) is 7.19. The Hall–Kier alpha value is -0.770. The van der Waals surface area contributed by atoms with Crippen LogP contribution in [0.1, 0.15) is 22.0 Å². The first-order chi connectivity index (χ1) is 12.8. The lowest BCUT2D eigenvalue weighted by Crippen LogP contribution is -2.43. The summed E-state index contributed by atoms with van der Waals surface area (Å²) < 4.78 is 0. The third kappa shape index (κ3) is 5.19. The Morgan fingerprint density at radius 1 is 1.11 bits per heavy atom. The summed E-state index contributed by atoms with van der Waals surface area (Å²) in [5.41, 5.74) is 9.12. The van der Waals surface area contributed by atoms with Crippen LogP contribution < -0.4 is 5.73 Å². The van der Waals surface area contributed by atoms with E-state index < -0.39 is 0 Å². The van der Waals surface area contributed by atoms with Gasteiger partial charge < -0.3 is 10.6 Å². The second kappa shape index (κ2) is 10.1. The van der Waals surface area contributed by atoms with E-state index in [1.54, 1.807) is 4.88 Å². The average Bonchev–Trinajstić information content (AvgIpc) is 3.17. The van der Waals surface area contributed by atoms with Crippen LogP contribution in [0.4, 0.5) is 0 Å². The van der Waals surface area contributed by atoms with Gasteiger partial charge in [-0.3, -0.25) is 9.89 Å². The Kier molecular flexibility index (Phi) is 7.86. The van der Waals surface area contributed by atoms with E-state index in [0.29, 0.717) is 5.96 Å². The molecular weight excluding hydrogens is 487 g/mol. The summed E-state index contributed by atoms with van der Waals surface area (Å²) in [5.74, 6) is 3.00. The maximum atomic E-state index is 6.31. The molecule has 2 aromatic rings.